The maximum atomic E-state index is 14.0. The zero-order valence-electron chi connectivity index (χ0n) is 15.7. The van der Waals surface area contributed by atoms with E-state index in [1.165, 1.54) is 12.4 Å². The number of para-hydroxylation sites is 2. The number of anilines is 1. The van der Waals surface area contributed by atoms with Crippen LogP contribution in [0.3, 0.4) is 0 Å². The van der Waals surface area contributed by atoms with Gasteiger partial charge in [-0.2, -0.15) is 0 Å². The van der Waals surface area contributed by atoms with E-state index in [-0.39, 0.29) is 11.4 Å². The van der Waals surface area contributed by atoms with Crippen LogP contribution in [0, 0.1) is 5.82 Å². The van der Waals surface area contributed by atoms with Gasteiger partial charge in [0.25, 0.3) is 5.56 Å². The fourth-order valence-electron chi connectivity index (χ4n) is 3.83. The summed E-state index contributed by atoms with van der Waals surface area (Å²) in [5.41, 5.74) is 0.941. The van der Waals surface area contributed by atoms with Crippen LogP contribution in [0.2, 0.25) is 0 Å². The molecule has 0 atom stereocenters. The minimum Gasteiger partial charge on any atom is -0.353 e. The van der Waals surface area contributed by atoms with Crippen LogP contribution in [0.25, 0.3) is 21.8 Å². The van der Waals surface area contributed by atoms with Crippen LogP contribution in [0.4, 0.5) is 10.2 Å². The van der Waals surface area contributed by atoms with Crippen molar-refractivity contribution in [3.8, 4) is 0 Å². The standard InChI is InChI=1S/C21H19FN6O/c22-16-6-3-5-15-19(16)23-13-24-20(15)28-10-8-27(9-11-28)12-18-25-17-7-2-1-4-14(17)21(29)26-18/h1-7,13H,8-12H2,(H,25,26,29). The zero-order valence-corrected chi connectivity index (χ0v) is 15.7. The van der Waals surface area contributed by atoms with E-state index in [4.69, 9.17) is 0 Å². The fraction of sp³-hybridized carbons (Fsp3) is 0.238. The van der Waals surface area contributed by atoms with Gasteiger partial charge in [0.05, 0.1) is 17.4 Å². The summed E-state index contributed by atoms with van der Waals surface area (Å²) in [5.74, 6) is 1.08. The van der Waals surface area contributed by atoms with Gasteiger partial charge in [-0.15, -0.1) is 0 Å². The van der Waals surface area contributed by atoms with Crippen LogP contribution < -0.4 is 10.5 Å². The first-order valence-corrected chi connectivity index (χ1v) is 9.53. The van der Waals surface area contributed by atoms with E-state index in [0.717, 1.165) is 37.4 Å². The maximum absolute atomic E-state index is 14.0. The Morgan fingerprint density at radius 2 is 1.76 bits per heavy atom. The highest BCUT2D eigenvalue weighted by atomic mass is 19.1. The molecule has 1 aliphatic heterocycles. The minimum atomic E-state index is -0.337. The van der Waals surface area contributed by atoms with E-state index in [2.05, 4.69) is 29.7 Å². The molecule has 3 heterocycles. The Labute approximate surface area is 165 Å². The largest absolute Gasteiger partial charge is 0.353 e. The van der Waals surface area contributed by atoms with Crippen molar-refractivity contribution in [2.24, 2.45) is 0 Å². The van der Waals surface area contributed by atoms with E-state index < -0.39 is 0 Å². The Kier molecular flexibility index (Phi) is 4.40. The van der Waals surface area contributed by atoms with Crippen molar-refractivity contribution in [2.75, 3.05) is 31.1 Å². The molecular weight excluding hydrogens is 371 g/mol. The second kappa shape index (κ2) is 7.21. The maximum Gasteiger partial charge on any atom is 0.258 e. The molecule has 4 aromatic rings. The van der Waals surface area contributed by atoms with Gasteiger partial charge < -0.3 is 9.88 Å². The average Bonchev–Trinajstić information content (AvgIpc) is 2.74. The minimum absolute atomic E-state index is 0.112. The molecule has 7 nitrogen and oxygen atoms in total. The molecule has 1 saturated heterocycles. The summed E-state index contributed by atoms with van der Waals surface area (Å²) < 4.78 is 14.0. The van der Waals surface area contributed by atoms with Gasteiger partial charge >= 0.3 is 0 Å². The molecule has 1 aliphatic rings. The van der Waals surface area contributed by atoms with Crippen molar-refractivity contribution in [2.45, 2.75) is 6.54 Å². The molecule has 29 heavy (non-hydrogen) atoms. The first-order chi connectivity index (χ1) is 14.2. The summed E-state index contributed by atoms with van der Waals surface area (Å²) in [4.78, 5) is 32.6. The average molecular weight is 390 g/mol. The second-order valence-corrected chi connectivity index (χ2v) is 7.13. The number of rotatable bonds is 3. The van der Waals surface area contributed by atoms with Crippen LogP contribution in [0.1, 0.15) is 5.82 Å². The summed E-state index contributed by atoms with van der Waals surface area (Å²) in [6.07, 6.45) is 1.41. The number of hydrogen-bond donors (Lipinski definition) is 1. The SMILES string of the molecule is O=c1[nH]c(CN2CCN(c3ncnc4c(F)cccc34)CC2)nc2ccccc12. The number of nitrogens with one attached hydrogen (secondary N) is 1. The van der Waals surface area contributed by atoms with Gasteiger partial charge in [0.2, 0.25) is 0 Å². The van der Waals surface area contributed by atoms with E-state index in [1.807, 2.05) is 24.3 Å². The summed E-state index contributed by atoms with van der Waals surface area (Å²) in [6.45, 7) is 3.66. The Morgan fingerprint density at radius 3 is 2.62 bits per heavy atom. The third-order valence-corrected chi connectivity index (χ3v) is 5.30. The van der Waals surface area contributed by atoms with Gasteiger partial charge in [0.1, 0.15) is 29.3 Å². The summed E-state index contributed by atoms with van der Waals surface area (Å²) in [7, 11) is 0. The topological polar surface area (TPSA) is 78.0 Å². The van der Waals surface area contributed by atoms with Crippen LogP contribution in [0.15, 0.2) is 53.6 Å². The number of aromatic amines is 1. The number of halogens is 1. The van der Waals surface area contributed by atoms with Crippen LogP contribution in [-0.2, 0) is 6.54 Å². The molecule has 0 unspecified atom stereocenters. The number of H-pyrrole nitrogens is 1. The number of benzene rings is 2. The van der Waals surface area contributed by atoms with Gasteiger partial charge in [0.15, 0.2) is 0 Å². The molecule has 0 radical (unpaired) electrons. The smallest absolute Gasteiger partial charge is 0.258 e. The van der Waals surface area contributed by atoms with Crippen molar-refractivity contribution >= 4 is 27.6 Å². The molecule has 0 amide bonds. The van der Waals surface area contributed by atoms with Gasteiger partial charge in [-0.05, 0) is 24.3 Å². The Morgan fingerprint density at radius 1 is 0.966 bits per heavy atom. The summed E-state index contributed by atoms with van der Waals surface area (Å²) in [6, 6.07) is 12.3. The van der Waals surface area contributed by atoms with Crippen molar-refractivity contribution in [1.82, 2.24) is 24.8 Å². The van der Waals surface area contributed by atoms with Crippen molar-refractivity contribution in [1.29, 1.82) is 0 Å². The lowest BCUT2D eigenvalue weighted by molar-refractivity contribution is 0.244. The predicted octanol–water partition coefficient (Wildman–Crippen LogP) is 2.33. The van der Waals surface area contributed by atoms with Crippen LogP contribution >= 0.6 is 0 Å². The quantitative estimate of drug-likeness (QED) is 0.579. The Bertz CT molecular complexity index is 1250. The normalized spacial score (nSPS) is 15.3. The van der Waals surface area contributed by atoms with Crippen molar-refractivity contribution < 1.29 is 4.39 Å². The Balaban J connectivity index is 1.33. The molecule has 2 aromatic carbocycles. The molecule has 0 spiro atoms. The second-order valence-electron chi connectivity index (χ2n) is 7.13. The first kappa shape index (κ1) is 17.7. The molecule has 8 heteroatoms. The van der Waals surface area contributed by atoms with Crippen LogP contribution in [0.5, 0.6) is 0 Å². The number of piperazine rings is 1. The number of nitrogens with zero attached hydrogens (tertiary/aromatic N) is 5. The highest BCUT2D eigenvalue weighted by Gasteiger charge is 2.21. The lowest BCUT2D eigenvalue weighted by Gasteiger charge is -2.35. The van der Waals surface area contributed by atoms with E-state index in [9.17, 15) is 9.18 Å². The third kappa shape index (κ3) is 3.31. The molecule has 5 rings (SSSR count). The highest BCUT2D eigenvalue weighted by molar-refractivity contribution is 5.89. The molecule has 146 valence electrons. The van der Waals surface area contributed by atoms with Gasteiger partial charge in [-0.3, -0.25) is 9.69 Å². The van der Waals surface area contributed by atoms with E-state index in [0.29, 0.717) is 28.8 Å². The van der Waals surface area contributed by atoms with E-state index >= 15 is 0 Å². The monoisotopic (exact) mass is 390 g/mol. The number of fused-ring (bicyclic) bond motifs is 2. The fourth-order valence-corrected chi connectivity index (χ4v) is 3.83. The lowest BCUT2D eigenvalue weighted by Crippen LogP contribution is -2.46. The number of aromatic nitrogens is 4. The molecule has 0 bridgehead atoms. The Hall–Kier alpha value is -3.39. The van der Waals surface area contributed by atoms with Gasteiger partial charge in [-0.25, -0.2) is 19.3 Å². The van der Waals surface area contributed by atoms with Crippen molar-refractivity contribution in [3.63, 3.8) is 0 Å². The van der Waals surface area contributed by atoms with E-state index in [1.54, 1.807) is 12.1 Å². The molecule has 0 saturated carbocycles. The van der Waals surface area contributed by atoms with Crippen molar-refractivity contribution in [3.05, 3.63) is 70.8 Å². The zero-order chi connectivity index (χ0) is 19.8. The number of hydrogen-bond acceptors (Lipinski definition) is 6. The van der Waals surface area contributed by atoms with Gasteiger partial charge in [-0.1, -0.05) is 18.2 Å². The van der Waals surface area contributed by atoms with Gasteiger partial charge in [0, 0.05) is 31.6 Å². The first-order valence-electron chi connectivity index (χ1n) is 9.53. The third-order valence-electron chi connectivity index (χ3n) is 5.30. The molecule has 2 aromatic heterocycles. The summed E-state index contributed by atoms with van der Waals surface area (Å²) in [5, 5.41) is 1.32. The molecule has 1 N–H and O–H groups in total. The lowest BCUT2D eigenvalue weighted by atomic mass is 10.2. The van der Waals surface area contributed by atoms with Crippen LogP contribution in [-0.4, -0.2) is 51.0 Å². The summed E-state index contributed by atoms with van der Waals surface area (Å²) >= 11 is 0. The molecule has 0 aliphatic carbocycles. The molecule has 1 fully saturated rings. The predicted molar refractivity (Wildman–Crippen MR) is 109 cm³/mol. The molecular formula is C21H19FN6O. The highest BCUT2D eigenvalue weighted by Crippen LogP contribution is 2.25.